The van der Waals surface area contributed by atoms with E-state index in [9.17, 15) is 9.18 Å². The molecular formula is C16H24FN3O. The van der Waals surface area contributed by atoms with Crippen molar-refractivity contribution in [2.45, 2.75) is 39.3 Å². The second-order valence-corrected chi connectivity index (χ2v) is 5.58. The molecule has 0 radical (unpaired) electrons. The Labute approximate surface area is 125 Å². The third-order valence-corrected chi connectivity index (χ3v) is 3.72. The minimum atomic E-state index is -0.204. The van der Waals surface area contributed by atoms with Crippen molar-refractivity contribution in [3.63, 3.8) is 0 Å². The number of anilines is 1. The van der Waals surface area contributed by atoms with Crippen LogP contribution in [0.25, 0.3) is 0 Å². The standard InChI is InChI=1S/C16H24FN3O/c1-3-7-18-10-13-9-14(17)4-5-16(13)20-8-6-15(11-20)19-12(2)21/h4-5,9,15,18H,3,6-8,10-11H2,1-2H3,(H,19,21). The van der Waals surface area contributed by atoms with Gasteiger partial charge in [-0.2, -0.15) is 0 Å². The van der Waals surface area contributed by atoms with Gasteiger partial charge in [-0.05, 0) is 43.1 Å². The molecule has 21 heavy (non-hydrogen) atoms. The summed E-state index contributed by atoms with van der Waals surface area (Å²) in [4.78, 5) is 13.4. The second-order valence-electron chi connectivity index (χ2n) is 5.58. The van der Waals surface area contributed by atoms with E-state index in [1.807, 2.05) is 6.07 Å². The van der Waals surface area contributed by atoms with Gasteiger partial charge in [-0.25, -0.2) is 4.39 Å². The summed E-state index contributed by atoms with van der Waals surface area (Å²) in [5.41, 5.74) is 2.04. The van der Waals surface area contributed by atoms with Gasteiger partial charge >= 0.3 is 0 Å². The maximum atomic E-state index is 13.5. The lowest BCUT2D eigenvalue weighted by Gasteiger charge is -2.22. The highest BCUT2D eigenvalue weighted by Crippen LogP contribution is 2.25. The van der Waals surface area contributed by atoms with Gasteiger partial charge in [0, 0.05) is 38.3 Å². The molecule has 1 heterocycles. The Balaban J connectivity index is 2.06. The van der Waals surface area contributed by atoms with Gasteiger partial charge < -0.3 is 15.5 Å². The number of rotatable bonds is 6. The molecule has 1 fully saturated rings. The first-order valence-electron chi connectivity index (χ1n) is 7.61. The van der Waals surface area contributed by atoms with E-state index in [2.05, 4.69) is 22.5 Å². The lowest BCUT2D eigenvalue weighted by Crippen LogP contribution is -2.35. The third-order valence-electron chi connectivity index (χ3n) is 3.72. The maximum Gasteiger partial charge on any atom is 0.217 e. The van der Waals surface area contributed by atoms with Crippen LogP contribution in [0.4, 0.5) is 10.1 Å². The largest absolute Gasteiger partial charge is 0.369 e. The molecule has 0 spiro atoms. The van der Waals surface area contributed by atoms with E-state index in [4.69, 9.17) is 0 Å². The Kier molecular flexibility index (Phi) is 5.56. The van der Waals surface area contributed by atoms with Crippen LogP contribution in [-0.4, -0.2) is 31.6 Å². The van der Waals surface area contributed by atoms with Crippen LogP contribution in [0, 0.1) is 5.82 Å². The molecule has 1 atom stereocenters. The number of hydrogen-bond donors (Lipinski definition) is 2. The smallest absolute Gasteiger partial charge is 0.217 e. The molecule has 0 aromatic heterocycles. The van der Waals surface area contributed by atoms with Crippen LogP contribution >= 0.6 is 0 Å². The van der Waals surface area contributed by atoms with Crippen molar-refractivity contribution in [2.75, 3.05) is 24.5 Å². The fourth-order valence-corrected chi connectivity index (χ4v) is 2.79. The van der Waals surface area contributed by atoms with Gasteiger partial charge in [0.1, 0.15) is 5.82 Å². The van der Waals surface area contributed by atoms with E-state index in [1.165, 1.54) is 6.07 Å². The first kappa shape index (κ1) is 15.8. The number of nitrogens with one attached hydrogen (secondary N) is 2. The van der Waals surface area contributed by atoms with Crippen LogP contribution < -0.4 is 15.5 Å². The molecular weight excluding hydrogens is 269 g/mol. The van der Waals surface area contributed by atoms with Gasteiger partial charge in [0.25, 0.3) is 0 Å². The first-order valence-corrected chi connectivity index (χ1v) is 7.61. The SMILES string of the molecule is CCCNCc1cc(F)ccc1N1CCC(NC(C)=O)C1. The normalized spacial score (nSPS) is 18.0. The predicted molar refractivity (Wildman–Crippen MR) is 82.8 cm³/mol. The quantitative estimate of drug-likeness (QED) is 0.789. The summed E-state index contributed by atoms with van der Waals surface area (Å²) in [5, 5.41) is 6.28. The Morgan fingerprint density at radius 3 is 3.00 bits per heavy atom. The zero-order chi connectivity index (χ0) is 15.2. The molecule has 0 saturated carbocycles. The van der Waals surface area contributed by atoms with Crippen molar-refractivity contribution in [1.29, 1.82) is 0 Å². The Bertz CT molecular complexity index is 492. The zero-order valence-corrected chi connectivity index (χ0v) is 12.8. The van der Waals surface area contributed by atoms with Gasteiger partial charge in [0.2, 0.25) is 5.91 Å². The predicted octanol–water partition coefficient (Wildman–Crippen LogP) is 2.04. The van der Waals surface area contributed by atoms with Gasteiger partial charge in [-0.15, -0.1) is 0 Å². The van der Waals surface area contributed by atoms with E-state index < -0.39 is 0 Å². The topological polar surface area (TPSA) is 44.4 Å². The van der Waals surface area contributed by atoms with Crippen molar-refractivity contribution < 1.29 is 9.18 Å². The number of carbonyl (C=O) groups excluding carboxylic acids is 1. The van der Waals surface area contributed by atoms with Crippen molar-refractivity contribution >= 4 is 11.6 Å². The fraction of sp³-hybridized carbons (Fsp3) is 0.562. The maximum absolute atomic E-state index is 13.5. The van der Waals surface area contributed by atoms with E-state index in [0.717, 1.165) is 43.7 Å². The summed E-state index contributed by atoms with van der Waals surface area (Å²) >= 11 is 0. The molecule has 1 saturated heterocycles. The average molecular weight is 293 g/mol. The summed E-state index contributed by atoms with van der Waals surface area (Å²) in [6.07, 6.45) is 1.98. The van der Waals surface area contributed by atoms with E-state index in [0.29, 0.717) is 6.54 Å². The summed E-state index contributed by atoms with van der Waals surface area (Å²) in [6, 6.07) is 5.13. The van der Waals surface area contributed by atoms with Gasteiger partial charge in [0.15, 0.2) is 0 Å². The fourth-order valence-electron chi connectivity index (χ4n) is 2.79. The molecule has 5 heteroatoms. The number of carbonyl (C=O) groups is 1. The van der Waals surface area contributed by atoms with E-state index in [-0.39, 0.29) is 17.8 Å². The molecule has 1 aliphatic rings. The van der Waals surface area contributed by atoms with Gasteiger partial charge in [-0.1, -0.05) is 6.92 Å². The number of benzene rings is 1. The van der Waals surface area contributed by atoms with Crippen molar-refractivity contribution in [3.05, 3.63) is 29.6 Å². The van der Waals surface area contributed by atoms with Crippen molar-refractivity contribution in [1.82, 2.24) is 10.6 Å². The van der Waals surface area contributed by atoms with Crippen LogP contribution in [0.2, 0.25) is 0 Å². The highest BCUT2D eigenvalue weighted by atomic mass is 19.1. The molecule has 1 unspecified atom stereocenters. The summed E-state index contributed by atoms with van der Waals surface area (Å²) < 4.78 is 13.5. The lowest BCUT2D eigenvalue weighted by molar-refractivity contribution is -0.119. The monoisotopic (exact) mass is 293 g/mol. The highest BCUT2D eigenvalue weighted by molar-refractivity contribution is 5.73. The molecule has 116 valence electrons. The summed E-state index contributed by atoms with van der Waals surface area (Å²) in [7, 11) is 0. The molecule has 4 nitrogen and oxygen atoms in total. The van der Waals surface area contributed by atoms with Crippen molar-refractivity contribution in [3.8, 4) is 0 Å². The number of nitrogens with zero attached hydrogens (tertiary/aromatic N) is 1. The van der Waals surface area contributed by atoms with Gasteiger partial charge in [0.05, 0.1) is 0 Å². The second kappa shape index (κ2) is 7.41. The third kappa shape index (κ3) is 4.43. The Morgan fingerprint density at radius 1 is 1.48 bits per heavy atom. The van der Waals surface area contributed by atoms with Crippen LogP contribution in [0.1, 0.15) is 32.3 Å². The number of amides is 1. The number of halogens is 1. The Hall–Kier alpha value is -1.62. The molecule has 2 rings (SSSR count). The van der Waals surface area contributed by atoms with Crippen molar-refractivity contribution in [2.24, 2.45) is 0 Å². The minimum absolute atomic E-state index is 0.00536. The average Bonchev–Trinajstić information content (AvgIpc) is 2.86. The summed E-state index contributed by atoms with van der Waals surface area (Å²) in [6.45, 7) is 6.91. The van der Waals surface area contributed by atoms with Crippen LogP contribution in [0.15, 0.2) is 18.2 Å². The van der Waals surface area contributed by atoms with E-state index in [1.54, 1.807) is 13.0 Å². The van der Waals surface area contributed by atoms with Crippen LogP contribution in [0.5, 0.6) is 0 Å². The molecule has 2 N–H and O–H groups in total. The lowest BCUT2D eigenvalue weighted by atomic mass is 10.1. The Morgan fingerprint density at radius 2 is 2.29 bits per heavy atom. The van der Waals surface area contributed by atoms with Crippen LogP contribution in [0.3, 0.4) is 0 Å². The molecule has 1 aliphatic heterocycles. The van der Waals surface area contributed by atoms with Gasteiger partial charge in [-0.3, -0.25) is 4.79 Å². The first-order chi connectivity index (χ1) is 10.1. The zero-order valence-electron chi connectivity index (χ0n) is 12.8. The summed E-state index contributed by atoms with van der Waals surface area (Å²) in [5.74, 6) is -0.199. The van der Waals surface area contributed by atoms with Crippen LogP contribution in [-0.2, 0) is 11.3 Å². The molecule has 1 aromatic carbocycles. The number of hydrogen-bond acceptors (Lipinski definition) is 3. The molecule has 0 aliphatic carbocycles. The van der Waals surface area contributed by atoms with E-state index >= 15 is 0 Å². The molecule has 1 aromatic rings. The minimum Gasteiger partial charge on any atom is -0.369 e. The molecule has 0 bridgehead atoms. The molecule has 1 amide bonds. The highest BCUT2D eigenvalue weighted by Gasteiger charge is 2.24.